The third kappa shape index (κ3) is 3.28. The van der Waals surface area contributed by atoms with Crippen molar-refractivity contribution in [2.45, 2.75) is 31.8 Å². The van der Waals surface area contributed by atoms with Crippen LogP contribution in [-0.4, -0.2) is 21.5 Å². The Labute approximate surface area is 112 Å². The fourth-order valence-electron chi connectivity index (χ4n) is 1.31. The van der Waals surface area contributed by atoms with Gasteiger partial charge in [0.2, 0.25) is 0 Å². The van der Waals surface area contributed by atoms with Gasteiger partial charge in [0.05, 0.1) is 4.75 Å². The number of rotatable bonds is 2. The standard InChI is InChI=1S/C12H13F2NO3S/c1-11(2,3)19(16)15-7-8-4-5-9-10(6-8)18-12(13,14)17-9/h4-7H,1-3H3/t19-/m1/s1. The Balaban J connectivity index is 2.17. The van der Waals surface area contributed by atoms with Gasteiger partial charge in [-0.1, -0.05) is 0 Å². The van der Waals surface area contributed by atoms with Crippen molar-refractivity contribution in [3.8, 4) is 11.5 Å². The second kappa shape index (κ2) is 4.56. The van der Waals surface area contributed by atoms with Gasteiger partial charge in [-0.05, 0) is 44.5 Å². The second-order valence-corrected chi connectivity index (χ2v) is 6.90. The summed E-state index contributed by atoms with van der Waals surface area (Å²) in [6.45, 7) is 5.38. The molecule has 0 spiro atoms. The number of hydrogen-bond donors (Lipinski definition) is 0. The Bertz CT molecular complexity index is 552. The van der Waals surface area contributed by atoms with Gasteiger partial charge in [0.15, 0.2) is 11.5 Å². The third-order valence-corrected chi connectivity index (χ3v) is 3.59. The minimum atomic E-state index is -3.63. The molecule has 1 heterocycles. The summed E-state index contributed by atoms with van der Waals surface area (Å²) in [6.07, 6.45) is -2.27. The van der Waals surface area contributed by atoms with Crippen LogP contribution in [0.5, 0.6) is 11.5 Å². The predicted octanol–water partition coefficient (Wildman–Crippen LogP) is 2.89. The van der Waals surface area contributed by atoms with E-state index in [-0.39, 0.29) is 11.5 Å². The maximum Gasteiger partial charge on any atom is 0.586 e. The van der Waals surface area contributed by atoms with Crippen molar-refractivity contribution in [2.75, 3.05) is 0 Å². The molecule has 104 valence electrons. The molecule has 2 rings (SSSR count). The Hall–Kier alpha value is -1.50. The first-order valence-corrected chi connectivity index (χ1v) is 6.64. The molecule has 0 saturated carbocycles. The summed E-state index contributed by atoms with van der Waals surface area (Å²) in [5, 5.41) is 0. The SMILES string of the molecule is CC(C)(C)[S@@](=O)N=Cc1ccc2c(c1)OC(F)(F)O2. The Morgan fingerprint density at radius 2 is 1.89 bits per heavy atom. The van der Waals surface area contributed by atoms with Gasteiger partial charge >= 0.3 is 6.29 Å². The van der Waals surface area contributed by atoms with Crippen molar-refractivity contribution < 1.29 is 22.5 Å². The molecule has 1 aliphatic rings. The zero-order chi connectivity index (χ0) is 14.3. The molecule has 0 unspecified atom stereocenters. The molecule has 0 aliphatic carbocycles. The number of hydrogen-bond acceptors (Lipinski definition) is 3. The summed E-state index contributed by atoms with van der Waals surface area (Å²) < 4.78 is 49.3. The smallest absolute Gasteiger partial charge is 0.395 e. The highest BCUT2D eigenvalue weighted by Gasteiger charge is 2.43. The summed E-state index contributed by atoms with van der Waals surface area (Å²) in [7, 11) is -1.40. The van der Waals surface area contributed by atoms with Crippen molar-refractivity contribution in [2.24, 2.45) is 4.40 Å². The Morgan fingerprint density at radius 1 is 1.26 bits per heavy atom. The van der Waals surface area contributed by atoms with Crippen LogP contribution in [0.3, 0.4) is 0 Å². The van der Waals surface area contributed by atoms with Crippen LogP contribution in [0.25, 0.3) is 0 Å². The van der Waals surface area contributed by atoms with Crippen LogP contribution in [0.2, 0.25) is 0 Å². The lowest BCUT2D eigenvalue weighted by Crippen LogP contribution is -2.25. The van der Waals surface area contributed by atoms with Crippen molar-refractivity contribution in [1.82, 2.24) is 0 Å². The molecule has 19 heavy (non-hydrogen) atoms. The molecular formula is C12H13F2NO3S. The van der Waals surface area contributed by atoms with Gasteiger partial charge in [0.25, 0.3) is 0 Å². The average Bonchev–Trinajstić information content (AvgIpc) is 2.57. The first-order chi connectivity index (χ1) is 8.67. The first kappa shape index (κ1) is 13.9. The van der Waals surface area contributed by atoms with Crippen LogP contribution in [0.1, 0.15) is 26.3 Å². The van der Waals surface area contributed by atoms with Crippen LogP contribution in [0, 0.1) is 0 Å². The number of alkyl halides is 2. The quantitative estimate of drug-likeness (QED) is 0.787. The van der Waals surface area contributed by atoms with Crippen LogP contribution in [0.15, 0.2) is 22.6 Å². The van der Waals surface area contributed by atoms with E-state index in [9.17, 15) is 13.0 Å². The molecule has 0 saturated heterocycles. The van der Waals surface area contributed by atoms with Crippen molar-refractivity contribution in [3.63, 3.8) is 0 Å². The fraction of sp³-hybridized carbons (Fsp3) is 0.417. The molecule has 4 nitrogen and oxygen atoms in total. The van der Waals surface area contributed by atoms with Crippen LogP contribution >= 0.6 is 0 Å². The predicted molar refractivity (Wildman–Crippen MR) is 68.1 cm³/mol. The molecule has 0 radical (unpaired) electrons. The molecule has 1 aromatic carbocycles. The van der Waals surface area contributed by atoms with E-state index in [0.29, 0.717) is 5.56 Å². The highest BCUT2D eigenvalue weighted by Crippen LogP contribution is 2.40. The average molecular weight is 289 g/mol. The summed E-state index contributed by atoms with van der Waals surface area (Å²) in [6, 6.07) is 4.25. The lowest BCUT2D eigenvalue weighted by molar-refractivity contribution is -0.286. The maximum absolute atomic E-state index is 12.8. The molecule has 0 N–H and O–H groups in total. The van der Waals surface area contributed by atoms with E-state index in [1.54, 1.807) is 20.8 Å². The highest BCUT2D eigenvalue weighted by atomic mass is 32.2. The van der Waals surface area contributed by atoms with Crippen LogP contribution in [-0.2, 0) is 11.0 Å². The third-order valence-electron chi connectivity index (χ3n) is 2.25. The summed E-state index contributed by atoms with van der Waals surface area (Å²) in [4.78, 5) is 0. The van der Waals surface area contributed by atoms with Crippen molar-refractivity contribution in [3.05, 3.63) is 23.8 Å². The topological polar surface area (TPSA) is 47.9 Å². The molecule has 0 amide bonds. The van der Waals surface area contributed by atoms with E-state index >= 15 is 0 Å². The van der Waals surface area contributed by atoms with Gasteiger partial charge in [0, 0.05) is 6.21 Å². The Morgan fingerprint density at radius 3 is 2.53 bits per heavy atom. The summed E-state index contributed by atoms with van der Waals surface area (Å²) in [5.74, 6) is -0.0883. The normalized spacial score (nSPS) is 18.8. The van der Waals surface area contributed by atoms with Crippen LogP contribution < -0.4 is 9.47 Å². The fourth-order valence-corrected chi connectivity index (χ4v) is 1.85. The van der Waals surface area contributed by atoms with E-state index in [0.717, 1.165) is 0 Å². The summed E-state index contributed by atoms with van der Waals surface area (Å²) in [5.41, 5.74) is 0.512. The molecule has 1 aliphatic heterocycles. The van der Waals surface area contributed by atoms with Gasteiger partial charge in [-0.15, -0.1) is 8.78 Å². The number of halogens is 2. The Kier molecular flexibility index (Phi) is 3.34. The molecule has 0 aromatic heterocycles. The number of nitrogens with zero attached hydrogens (tertiary/aromatic N) is 1. The summed E-state index contributed by atoms with van der Waals surface area (Å²) >= 11 is 0. The molecule has 1 aromatic rings. The van der Waals surface area contributed by atoms with E-state index in [4.69, 9.17) is 0 Å². The number of fused-ring (bicyclic) bond motifs is 1. The lowest BCUT2D eigenvalue weighted by atomic mass is 10.2. The zero-order valence-corrected chi connectivity index (χ0v) is 11.5. The van der Waals surface area contributed by atoms with Crippen LogP contribution in [0.4, 0.5) is 8.78 Å². The highest BCUT2D eigenvalue weighted by molar-refractivity contribution is 7.85. The molecule has 0 fully saturated rings. The van der Waals surface area contributed by atoms with Crippen molar-refractivity contribution >= 4 is 17.2 Å². The minimum Gasteiger partial charge on any atom is -0.395 e. The van der Waals surface area contributed by atoms with E-state index in [1.807, 2.05) is 0 Å². The zero-order valence-electron chi connectivity index (χ0n) is 10.6. The first-order valence-electron chi connectivity index (χ1n) is 5.53. The van der Waals surface area contributed by atoms with E-state index < -0.39 is 22.0 Å². The molecule has 7 heteroatoms. The minimum absolute atomic E-state index is 0.0286. The van der Waals surface area contributed by atoms with Gasteiger partial charge < -0.3 is 9.47 Å². The maximum atomic E-state index is 12.8. The van der Waals surface area contributed by atoms with Crippen molar-refractivity contribution in [1.29, 1.82) is 0 Å². The molecule has 1 atom stereocenters. The largest absolute Gasteiger partial charge is 0.586 e. The molecule has 0 bridgehead atoms. The van der Waals surface area contributed by atoms with Gasteiger partial charge in [-0.2, -0.15) is 4.40 Å². The lowest BCUT2D eigenvalue weighted by Gasteiger charge is -2.12. The second-order valence-electron chi connectivity index (χ2n) is 4.97. The van der Waals surface area contributed by atoms with Gasteiger partial charge in [-0.3, -0.25) is 0 Å². The molecular weight excluding hydrogens is 276 g/mol. The van der Waals surface area contributed by atoms with Gasteiger partial charge in [-0.25, -0.2) is 4.21 Å². The monoisotopic (exact) mass is 289 g/mol. The van der Waals surface area contributed by atoms with E-state index in [1.165, 1.54) is 24.4 Å². The number of benzene rings is 1. The number of ether oxygens (including phenoxy) is 2. The van der Waals surface area contributed by atoms with E-state index in [2.05, 4.69) is 13.9 Å². The van der Waals surface area contributed by atoms with Gasteiger partial charge in [0.1, 0.15) is 11.0 Å².